The molecule has 16 heavy (non-hydrogen) atoms. The van der Waals surface area contributed by atoms with Crippen molar-refractivity contribution in [1.82, 2.24) is 5.32 Å². The van der Waals surface area contributed by atoms with E-state index in [9.17, 15) is 4.79 Å². The lowest BCUT2D eigenvalue weighted by Gasteiger charge is -2.03. The van der Waals surface area contributed by atoms with Crippen LogP contribution in [0.25, 0.3) is 0 Å². The Morgan fingerprint density at radius 3 is 2.94 bits per heavy atom. The number of unbranched alkanes of at least 4 members (excludes halogenated alkanes) is 2. The van der Waals surface area contributed by atoms with Gasteiger partial charge in [-0.05, 0) is 30.7 Å². The molecule has 0 saturated heterocycles. The Morgan fingerprint density at radius 2 is 2.25 bits per heavy atom. The first kappa shape index (κ1) is 13.2. The Hall–Kier alpha value is -0.830. The van der Waals surface area contributed by atoms with E-state index < -0.39 is 0 Å². The van der Waals surface area contributed by atoms with Gasteiger partial charge in [0.2, 0.25) is 5.91 Å². The summed E-state index contributed by atoms with van der Waals surface area (Å²) >= 11 is 1.77. The third-order valence-corrected chi connectivity index (χ3v) is 3.45. The minimum Gasteiger partial charge on any atom is -0.356 e. The van der Waals surface area contributed by atoms with E-state index in [1.54, 1.807) is 11.3 Å². The molecule has 0 fully saturated rings. The molecule has 0 bridgehead atoms. The number of amides is 1. The van der Waals surface area contributed by atoms with E-state index >= 15 is 0 Å². The number of carbonyl (C=O) groups is 1. The lowest BCUT2D eigenvalue weighted by Crippen LogP contribution is -2.24. The minimum atomic E-state index is 0.202. The van der Waals surface area contributed by atoms with Crippen molar-refractivity contribution in [2.75, 3.05) is 6.54 Å². The second-order valence-electron chi connectivity index (χ2n) is 3.99. The van der Waals surface area contributed by atoms with Crippen LogP contribution >= 0.6 is 11.3 Å². The average Bonchev–Trinajstić information content (AvgIpc) is 2.77. The molecule has 90 valence electrons. The molecule has 1 rings (SSSR count). The van der Waals surface area contributed by atoms with Crippen molar-refractivity contribution in [1.29, 1.82) is 0 Å². The maximum Gasteiger partial charge on any atom is 0.220 e. The van der Waals surface area contributed by atoms with E-state index in [0.717, 1.165) is 25.8 Å². The molecule has 0 aliphatic heterocycles. The first-order valence-corrected chi connectivity index (χ1v) is 7.00. The highest BCUT2D eigenvalue weighted by Crippen LogP contribution is 2.11. The maximum atomic E-state index is 11.4. The van der Waals surface area contributed by atoms with Gasteiger partial charge in [0.05, 0.1) is 0 Å². The first-order valence-electron chi connectivity index (χ1n) is 6.12. The van der Waals surface area contributed by atoms with Gasteiger partial charge >= 0.3 is 0 Å². The molecule has 3 heteroatoms. The van der Waals surface area contributed by atoms with Gasteiger partial charge in [0.25, 0.3) is 0 Å². The molecule has 0 saturated carbocycles. The van der Waals surface area contributed by atoms with Crippen LogP contribution in [0.5, 0.6) is 0 Å². The van der Waals surface area contributed by atoms with Crippen molar-refractivity contribution in [3.8, 4) is 0 Å². The van der Waals surface area contributed by atoms with Crippen LogP contribution in [0.1, 0.15) is 43.9 Å². The van der Waals surface area contributed by atoms with E-state index in [-0.39, 0.29) is 5.91 Å². The van der Waals surface area contributed by atoms with Crippen LogP contribution in [0.2, 0.25) is 0 Å². The maximum absolute atomic E-state index is 11.4. The largest absolute Gasteiger partial charge is 0.356 e. The summed E-state index contributed by atoms with van der Waals surface area (Å²) in [5.41, 5.74) is 0. The van der Waals surface area contributed by atoms with Crippen LogP contribution in [-0.4, -0.2) is 12.5 Å². The SMILES string of the molecule is CCCCCNC(=O)CCCc1cccs1. The fourth-order valence-corrected chi connectivity index (χ4v) is 2.32. The molecule has 1 heterocycles. The fourth-order valence-electron chi connectivity index (χ4n) is 1.57. The quantitative estimate of drug-likeness (QED) is 0.692. The van der Waals surface area contributed by atoms with Gasteiger partial charge in [-0.2, -0.15) is 0 Å². The second-order valence-corrected chi connectivity index (χ2v) is 5.02. The van der Waals surface area contributed by atoms with Crippen LogP contribution in [0.4, 0.5) is 0 Å². The summed E-state index contributed by atoms with van der Waals surface area (Å²) in [6, 6.07) is 4.19. The van der Waals surface area contributed by atoms with Gasteiger partial charge in [-0.15, -0.1) is 11.3 Å². The number of rotatable bonds is 8. The van der Waals surface area contributed by atoms with Crippen molar-refractivity contribution in [2.24, 2.45) is 0 Å². The number of hydrogen-bond donors (Lipinski definition) is 1. The average molecular weight is 239 g/mol. The molecular formula is C13H21NOS. The van der Waals surface area contributed by atoms with Crippen LogP contribution in [0, 0.1) is 0 Å². The predicted octanol–water partition coefficient (Wildman–Crippen LogP) is 3.38. The molecular weight excluding hydrogens is 218 g/mol. The summed E-state index contributed by atoms with van der Waals surface area (Å²) in [5, 5.41) is 5.05. The highest BCUT2D eigenvalue weighted by atomic mass is 32.1. The molecule has 1 aromatic heterocycles. The Bertz CT molecular complexity index is 282. The van der Waals surface area contributed by atoms with E-state index in [4.69, 9.17) is 0 Å². The zero-order valence-corrected chi connectivity index (χ0v) is 10.8. The molecule has 0 aliphatic rings. The van der Waals surface area contributed by atoms with Crippen molar-refractivity contribution in [2.45, 2.75) is 45.4 Å². The first-order chi connectivity index (χ1) is 7.83. The van der Waals surface area contributed by atoms with Gasteiger partial charge in [-0.3, -0.25) is 4.79 Å². The Morgan fingerprint density at radius 1 is 1.38 bits per heavy atom. The van der Waals surface area contributed by atoms with Crippen LogP contribution in [0.3, 0.4) is 0 Å². The van der Waals surface area contributed by atoms with E-state index in [1.165, 1.54) is 17.7 Å². The lowest BCUT2D eigenvalue weighted by atomic mass is 10.2. The number of hydrogen-bond acceptors (Lipinski definition) is 2. The third kappa shape index (κ3) is 5.91. The van der Waals surface area contributed by atoms with Gasteiger partial charge in [0, 0.05) is 17.8 Å². The molecule has 0 radical (unpaired) electrons. The normalized spacial score (nSPS) is 10.3. The smallest absolute Gasteiger partial charge is 0.220 e. The number of aryl methyl sites for hydroxylation is 1. The van der Waals surface area contributed by atoms with Crippen molar-refractivity contribution in [3.05, 3.63) is 22.4 Å². The van der Waals surface area contributed by atoms with Gasteiger partial charge in [0.15, 0.2) is 0 Å². The zero-order chi connectivity index (χ0) is 11.6. The topological polar surface area (TPSA) is 29.1 Å². The molecule has 1 aromatic rings. The summed E-state index contributed by atoms with van der Waals surface area (Å²) in [4.78, 5) is 12.8. The van der Waals surface area contributed by atoms with E-state index in [2.05, 4.69) is 29.8 Å². The highest BCUT2D eigenvalue weighted by Gasteiger charge is 2.01. The Kier molecular flexibility index (Phi) is 6.90. The monoisotopic (exact) mass is 239 g/mol. The fraction of sp³-hybridized carbons (Fsp3) is 0.615. The minimum absolute atomic E-state index is 0.202. The summed E-state index contributed by atoms with van der Waals surface area (Å²) in [6.45, 7) is 3.01. The molecule has 2 nitrogen and oxygen atoms in total. The molecule has 1 N–H and O–H groups in total. The van der Waals surface area contributed by atoms with Gasteiger partial charge in [-0.1, -0.05) is 25.8 Å². The highest BCUT2D eigenvalue weighted by molar-refractivity contribution is 7.09. The number of carbonyl (C=O) groups excluding carboxylic acids is 1. The second kappa shape index (κ2) is 8.34. The van der Waals surface area contributed by atoms with E-state index in [0.29, 0.717) is 6.42 Å². The third-order valence-electron chi connectivity index (χ3n) is 2.51. The van der Waals surface area contributed by atoms with Crippen LogP contribution in [-0.2, 0) is 11.2 Å². The molecule has 0 spiro atoms. The van der Waals surface area contributed by atoms with Gasteiger partial charge < -0.3 is 5.32 Å². The van der Waals surface area contributed by atoms with Crippen molar-refractivity contribution >= 4 is 17.2 Å². The number of thiophene rings is 1. The Balaban J connectivity index is 1.98. The molecule has 0 aromatic carbocycles. The molecule has 0 atom stereocenters. The molecule has 1 amide bonds. The van der Waals surface area contributed by atoms with Crippen molar-refractivity contribution < 1.29 is 4.79 Å². The van der Waals surface area contributed by atoms with Gasteiger partial charge in [-0.25, -0.2) is 0 Å². The lowest BCUT2D eigenvalue weighted by molar-refractivity contribution is -0.121. The molecule has 0 unspecified atom stereocenters. The standard InChI is InChI=1S/C13H21NOS/c1-2-3-4-10-14-13(15)9-5-7-12-8-6-11-16-12/h6,8,11H,2-5,7,9-10H2,1H3,(H,14,15). The van der Waals surface area contributed by atoms with E-state index in [1.807, 2.05) is 0 Å². The predicted molar refractivity (Wildman–Crippen MR) is 69.8 cm³/mol. The van der Waals surface area contributed by atoms with Crippen LogP contribution < -0.4 is 5.32 Å². The van der Waals surface area contributed by atoms with Gasteiger partial charge in [0.1, 0.15) is 0 Å². The molecule has 0 aliphatic carbocycles. The number of nitrogens with one attached hydrogen (secondary N) is 1. The summed E-state index contributed by atoms with van der Waals surface area (Å²) in [5.74, 6) is 0.202. The summed E-state index contributed by atoms with van der Waals surface area (Å²) in [7, 11) is 0. The summed E-state index contributed by atoms with van der Waals surface area (Å²) < 4.78 is 0. The zero-order valence-electron chi connectivity index (χ0n) is 10.00. The van der Waals surface area contributed by atoms with Crippen LogP contribution in [0.15, 0.2) is 17.5 Å². The van der Waals surface area contributed by atoms with Crippen molar-refractivity contribution in [3.63, 3.8) is 0 Å². The Labute approximate surface area is 102 Å². The summed E-state index contributed by atoms with van der Waals surface area (Å²) in [6.07, 6.45) is 6.15.